The number of carbonyl (C=O) groups is 4. The van der Waals surface area contributed by atoms with Gasteiger partial charge in [-0.1, -0.05) is 11.6 Å². The molecule has 0 saturated heterocycles. The van der Waals surface area contributed by atoms with Gasteiger partial charge in [0.15, 0.2) is 0 Å². The minimum atomic E-state index is -1.13. The lowest BCUT2D eigenvalue weighted by Gasteiger charge is -2.42. The van der Waals surface area contributed by atoms with E-state index in [1.807, 2.05) is 0 Å². The van der Waals surface area contributed by atoms with Gasteiger partial charge in [-0.2, -0.15) is 0 Å². The number of H-pyrrole nitrogens is 1. The number of amides is 4. The normalized spacial score (nSPS) is 18.9. The molecule has 2 heterocycles. The molecule has 3 atom stereocenters. The largest absolute Gasteiger partial charge is 0.361 e. The highest BCUT2D eigenvalue weighted by Gasteiger charge is 2.42. The number of benzene rings is 1. The first kappa shape index (κ1) is 27.9. The SMILES string of the molecule is CN(C)C(=O)[C@H]1CC[C@H](NC(=O)c2cc3cc(Cl)ccc3[nH]2)[C@H](N(C(=O)C(N)=O)c2ccncc2)C1.Cl. The van der Waals surface area contributed by atoms with Crippen LogP contribution in [0.15, 0.2) is 48.8 Å². The van der Waals surface area contributed by atoms with E-state index in [1.165, 1.54) is 22.2 Å². The maximum Gasteiger partial charge on any atom is 0.316 e. The van der Waals surface area contributed by atoms with Crippen LogP contribution in [0.5, 0.6) is 0 Å². The van der Waals surface area contributed by atoms with Crippen molar-refractivity contribution in [2.24, 2.45) is 11.7 Å². The molecule has 0 aliphatic heterocycles. The summed E-state index contributed by atoms with van der Waals surface area (Å²) in [6, 6.07) is 8.88. The molecule has 3 aromatic rings. The minimum Gasteiger partial charge on any atom is -0.361 e. The lowest BCUT2D eigenvalue weighted by atomic mass is 9.80. The second kappa shape index (κ2) is 11.6. The second-order valence-electron chi connectivity index (χ2n) is 9.05. The fourth-order valence-corrected chi connectivity index (χ4v) is 4.93. The van der Waals surface area contributed by atoms with Crippen molar-refractivity contribution < 1.29 is 19.2 Å². The number of aromatic amines is 1. The maximum absolute atomic E-state index is 13.2. The Kier molecular flexibility index (Phi) is 8.77. The van der Waals surface area contributed by atoms with Crippen molar-refractivity contribution in [3.8, 4) is 0 Å². The first-order valence-corrected chi connectivity index (χ1v) is 11.9. The Morgan fingerprint density at radius 1 is 1.08 bits per heavy atom. The number of pyridine rings is 1. The quantitative estimate of drug-likeness (QED) is 0.421. The van der Waals surface area contributed by atoms with Crippen molar-refractivity contribution in [1.82, 2.24) is 20.2 Å². The predicted octanol–water partition coefficient (Wildman–Crippen LogP) is 2.51. The molecule has 1 saturated carbocycles. The zero-order valence-electron chi connectivity index (χ0n) is 20.3. The average Bonchev–Trinajstić information content (AvgIpc) is 3.28. The zero-order chi connectivity index (χ0) is 26.0. The Morgan fingerprint density at radius 3 is 2.43 bits per heavy atom. The predicted molar refractivity (Wildman–Crippen MR) is 143 cm³/mol. The number of nitrogens with two attached hydrogens (primary N) is 1. The Hall–Kier alpha value is -3.63. The first-order chi connectivity index (χ1) is 17.2. The van der Waals surface area contributed by atoms with Gasteiger partial charge in [-0.25, -0.2) is 0 Å². The van der Waals surface area contributed by atoms with Gasteiger partial charge in [-0.15, -0.1) is 12.4 Å². The highest BCUT2D eigenvalue weighted by atomic mass is 35.5. The van der Waals surface area contributed by atoms with E-state index < -0.39 is 29.8 Å². The van der Waals surface area contributed by atoms with Gasteiger partial charge in [-0.3, -0.25) is 29.1 Å². The summed E-state index contributed by atoms with van der Waals surface area (Å²) >= 11 is 6.07. The number of nitrogens with one attached hydrogen (secondary N) is 2. The molecule has 37 heavy (non-hydrogen) atoms. The van der Waals surface area contributed by atoms with Crippen LogP contribution in [0.4, 0.5) is 5.69 Å². The Labute approximate surface area is 224 Å². The molecule has 12 heteroatoms. The molecule has 0 bridgehead atoms. The van der Waals surface area contributed by atoms with Gasteiger partial charge >= 0.3 is 11.8 Å². The van der Waals surface area contributed by atoms with Gasteiger partial charge < -0.3 is 20.9 Å². The zero-order valence-corrected chi connectivity index (χ0v) is 21.9. The van der Waals surface area contributed by atoms with Crippen LogP contribution < -0.4 is 16.0 Å². The third-order valence-electron chi connectivity index (χ3n) is 6.45. The van der Waals surface area contributed by atoms with Crippen LogP contribution in [0.25, 0.3) is 10.9 Å². The molecule has 1 aliphatic carbocycles. The maximum atomic E-state index is 13.2. The lowest BCUT2D eigenvalue weighted by Crippen LogP contribution is -2.59. The van der Waals surface area contributed by atoms with Crippen molar-refractivity contribution >= 4 is 64.2 Å². The Bertz CT molecular complexity index is 1310. The second-order valence-corrected chi connectivity index (χ2v) is 9.49. The number of nitrogens with zero attached hydrogens (tertiary/aromatic N) is 3. The summed E-state index contributed by atoms with van der Waals surface area (Å²) < 4.78 is 0. The van der Waals surface area contributed by atoms with Crippen LogP contribution in [0.3, 0.4) is 0 Å². The van der Waals surface area contributed by atoms with Gasteiger partial charge in [0.05, 0.1) is 12.1 Å². The standard InChI is InChI=1S/C25H27ClN6O4.ClH/c1-31(2)24(35)14-3-5-19(30-23(34)20-12-15-11-16(26)4-6-18(15)29-20)21(13-14)32(25(36)22(27)33)17-7-9-28-10-8-17;/h4,6-12,14,19,21,29H,3,5,13H2,1-2H3,(H2,27,33)(H,30,34);1H/t14-,19-,21+;/m0./s1. The van der Waals surface area contributed by atoms with E-state index in [4.69, 9.17) is 17.3 Å². The molecule has 4 N–H and O–H groups in total. The number of hydrogen-bond donors (Lipinski definition) is 3. The average molecular weight is 547 g/mol. The molecule has 0 radical (unpaired) electrons. The molecule has 1 aromatic carbocycles. The number of anilines is 1. The van der Waals surface area contributed by atoms with Crippen LogP contribution in [0.2, 0.25) is 5.02 Å². The van der Waals surface area contributed by atoms with E-state index in [2.05, 4.69) is 15.3 Å². The molecule has 10 nitrogen and oxygen atoms in total. The summed E-state index contributed by atoms with van der Waals surface area (Å²) in [5, 5.41) is 4.34. The number of hydrogen-bond acceptors (Lipinski definition) is 5. The molecule has 2 aromatic heterocycles. The molecule has 0 spiro atoms. The third-order valence-corrected chi connectivity index (χ3v) is 6.69. The van der Waals surface area contributed by atoms with Crippen molar-refractivity contribution in [3.05, 3.63) is 59.5 Å². The van der Waals surface area contributed by atoms with Crippen LogP contribution >= 0.6 is 24.0 Å². The lowest BCUT2D eigenvalue weighted by molar-refractivity contribution is -0.137. The van der Waals surface area contributed by atoms with Gasteiger partial charge in [-0.05, 0) is 55.7 Å². The number of rotatable bonds is 5. The smallest absolute Gasteiger partial charge is 0.316 e. The fourth-order valence-electron chi connectivity index (χ4n) is 4.74. The van der Waals surface area contributed by atoms with Crippen LogP contribution in [-0.4, -0.2) is 64.7 Å². The molecule has 0 unspecified atom stereocenters. The number of primary amides is 1. The van der Waals surface area contributed by atoms with E-state index in [1.54, 1.807) is 50.5 Å². The van der Waals surface area contributed by atoms with Crippen LogP contribution in [-0.2, 0) is 14.4 Å². The Morgan fingerprint density at radius 2 is 1.78 bits per heavy atom. The van der Waals surface area contributed by atoms with Crippen LogP contribution in [0, 0.1) is 5.92 Å². The monoisotopic (exact) mass is 546 g/mol. The molecule has 1 fully saturated rings. The summed E-state index contributed by atoms with van der Waals surface area (Å²) in [5.74, 6) is -2.91. The minimum absolute atomic E-state index is 0. The summed E-state index contributed by atoms with van der Waals surface area (Å²) in [5.41, 5.74) is 6.87. The van der Waals surface area contributed by atoms with E-state index in [0.717, 1.165) is 10.9 Å². The molecular formula is C25H28Cl2N6O4. The first-order valence-electron chi connectivity index (χ1n) is 11.5. The number of aromatic nitrogens is 2. The molecule has 4 rings (SSSR count). The van der Waals surface area contributed by atoms with Crippen molar-refractivity contribution in [3.63, 3.8) is 0 Å². The van der Waals surface area contributed by atoms with E-state index in [-0.39, 0.29) is 30.6 Å². The number of fused-ring (bicyclic) bond motifs is 1. The van der Waals surface area contributed by atoms with Gasteiger partial charge in [0.1, 0.15) is 5.69 Å². The Balaban J connectivity index is 0.00000380. The molecule has 196 valence electrons. The van der Waals surface area contributed by atoms with Crippen molar-refractivity contribution in [1.29, 1.82) is 0 Å². The van der Waals surface area contributed by atoms with E-state index in [0.29, 0.717) is 29.2 Å². The highest BCUT2D eigenvalue weighted by molar-refractivity contribution is 6.40. The van der Waals surface area contributed by atoms with Gasteiger partial charge in [0, 0.05) is 54.0 Å². The summed E-state index contributed by atoms with van der Waals surface area (Å²) in [7, 11) is 3.34. The number of carbonyl (C=O) groups excluding carboxylic acids is 4. The van der Waals surface area contributed by atoms with E-state index in [9.17, 15) is 19.2 Å². The molecule has 1 aliphatic rings. The molecular weight excluding hydrogens is 519 g/mol. The van der Waals surface area contributed by atoms with E-state index >= 15 is 0 Å². The topological polar surface area (TPSA) is 141 Å². The van der Waals surface area contributed by atoms with Gasteiger partial charge in [0.25, 0.3) is 5.91 Å². The van der Waals surface area contributed by atoms with Crippen molar-refractivity contribution in [2.75, 3.05) is 19.0 Å². The highest BCUT2D eigenvalue weighted by Crippen LogP contribution is 2.32. The van der Waals surface area contributed by atoms with Crippen LogP contribution in [0.1, 0.15) is 29.8 Å². The fraction of sp³-hybridized carbons (Fsp3) is 0.320. The summed E-state index contributed by atoms with van der Waals surface area (Å²) in [6.45, 7) is 0. The number of halogens is 2. The van der Waals surface area contributed by atoms with Gasteiger partial charge in [0.2, 0.25) is 5.91 Å². The third kappa shape index (κ3) is 6.03. The van der Waals surface area contributed by atoms with Crippen molar-refractivity contribution in [2.45, 2.75) is 31.3 Å². The summed E-state index contributed by atoms with van der Waals surface area (Å²) in [4.78, 5) is 60.9. The molecule has 4 amide bonds. The summed E-state index contributed by atoms with van der Waals surface area (Å²) in [6.07, 6.45) is 4.15.